The lowest BCUT2D eigenvalue weighted by Crippen LogP contribution is -2.21. The van der Waals surface area contributed by atoms with Crippen molar-refractivity contribution in [2.45, 2.75) is 0 Å². The van der Waals surface area contributed by atoms with Crippen LogP contribution in [0.2, 0.25) is 5.02 Å². The van der Waals surface area contributed by atoms with E-state index in [1.807, 2.05) is 0 Å². The van der Waals surface area contributed by atoms with E-state index in [9.17, 15) is 9.59 Å². The second kappa shape index (κ2) is 7.99. The molecule has 0 aromatic heterocycles. The molecule has 0 saturated carbocycles. The molecule has 0 heterocycles. The Labute approximate surface area is 146 Å². The zero-order chi connectivity index (χ0) is 16.8. The second-order valence-electron chi connectivity index (χ2n) is 4.48. The molecular formula is C16H13BrClNO4. The molecule has 2 rings (SSSR count). The molecule has 0 unspecified atom stereocenters. The highest BCUT2D eigenvalue weighted by Crippen LogP contribution is 2.22. The number of rotatable bonds is 5. The summed E-state index contributed by atoms with van der Waals surface area (Å²) in [6, 6.07) is 11.6. The van der Waals surface area contributed by atoms with Crippen molar-refractivity contribution in [3.63, 3.8) is 0 Å². The number of amides is 1. The van der Waals surface area contributed by atoms with Crippen molar-refractivity contribution in [3.8, 4) is 5.75 Å². The lowest BCUT2D eigenvalue weighted by Gasteiger charge is -2.11. The van der Waals surface area contributed by atoms with Crippen LogP contribution in [-0.2, 0) is 9.53 Å². The first kappa shape index (κ1) is 17.3. The van der Waals surface area contributed by atoms with Crippen LogP contribution in [0.4, 0.5) is 5.69 Å². The molecule has 2 aromatic rings. The van der Waals surface area contributed by atoms with E-state index in [0.29, 0.717) is 20.9 Å². The number of carbonyl (C=O) groups excluding carboxylic acids is 2. The normalized spacial score (nSPS) is 10.0. The van der Waals surface area contributed by atoms with Crippen LogP contribution in [-0.4, -0.2) is 25.6 Å². The van der Waals surface area contributed by atoms with Crippen LogP contribution >= 0.6 is 27.5 Å². The lowest BCUT2D eigenvalue weighted by atomic mass is 10.2. The van der Waals surface area contributed by atoms with Gasteiger partial charge in [0.15, 0.2) is 6.61 Å². The number of methoxy groups -OCH3 is 1. The van der Waals surface area contributed by atoms with Gasteiger partial charge in [0.2, 0.25) is 0 Å². The molecule has 23 heavy (non-hydrogen) atoms. The Kier molecular flexibility index (Phi) is 6.01. The summed E-state index contributed by atoms with van der Waals surface area (Å²) in [7, 11) is 1.27. The lowest BCUT2D eigenvalue weighted by molar-refractivity contribution is -0.118. The number of halogens is 2. The van der Waals surface area contributed by atoms with Gasteiger partial charge in [-0.3, -0.25) is 4.79 Å². The van der Waals surface area contributed by atoms with Gasteiger partial charge in [-0.2, -0.15) is 0 Å². The van der Waals surface area contributed by atoms with Crippen molar-refractivity contribution in [2.24, 2.45) is 0 Å². The average Bonchev–Trinajstić information content (AvgIpc) is 2.54. The van der Waals surface area contributed by atoms with Gasteiger partial charge in [0.1, 0.15) is 5.75 Å². The Bertz CT molecular complexity index is 736. The van der Waals surface area contributed by atoms with Gasteiger partial charge in [-0.25, -0.2) is 4.79 Å². The fourth-order valence-electron chi connectivity index (χ4n) is 1.80. The fraction of sp³-hybridized carbons (Fsp3) is 0.125. The number of esters is 1. The van der Waals surface area contributed by atoms with Gasteiger partial charge < -0.3 is 14.8 Å². The van der Waals surface area contributed by atoms with Crippen LogP contribution in [0, 0.1) is 0 Å². The molecule has 2 aromatic carbocycles. The van der Waals surface area contributed by atoms with E-state index in [4.69, 9.17) is 21.1 Å². The second-order valence-corrected chi connectivity index (χ2v) is 5.83. The molecule has 0 radical (unpaired) electrons. The number of benzene rings is 2. The molecule has 0 aliphatic heterocycles. The van der Waals surface area contributed by atoms with Gasteiger partial charge in [0.05, 0.1) is 18.4 Å². The maximum Gasteiger partial charge on any atom is 0.340 e. The van der Waals surface area contributed by atoms with E-state index in [1.54, 1.807) is 42.5 Å². The number of ether oxygens (including phenoxy) is 2. The van der Waals surface area contributed by atoms with Crippen LogP contribution < -0.4 is 10.1 Å². The van der Waals surface area contributed by atoms with Crippen molar-refractivity contribution >= 4 is 45.1 Å². The highest BCUT2D eigenvalue weighted by molar-refractivity contribution is 9.10. The predicted molar refractivity (Wildman–Crippen MR) is 91.1 cm³/mol. The Hall–Kier alpha value is -2.05. The fourth-order valence-corrected chi connectivity index (χ4v) is 2.34. The first-order valence-electron chi connectivity index (χ1n) is 6.55. The first-order valence-corrected chi connectivity index (χ1v) is 7.73. The maximum atomic E-state index is 12.0. The number of hydrogen-bond acceptors (Lipinski definition) is 4. The molecule has 0 spiro atoms. The van der Waals surface area contributed by atoms with E-state index in [1.165, 1.54) is 7.11 Å². The zero-order valence-electron chi connectivity index (χ0n) is 12.1. The minimum absolute atomic E-state index is 0.211. The Morgan fingerprint density at radius 3 is 2.70 bits per heavy atom. The zero-order valence-corrected chi connectivity index (χ0v) is 14.5. The minimum atomic E-state index is -0.544. The summed E-state index contributed by atoms with van der Waals surface area (Å²) in [5, 5.41) is 3.14. The quantitative estimate of drug-likeness (QED) is 0.776. The SMILES string of the molecule is COC(=O)c1cc(Br)ccc1NC(=O)COc1cccc(Cl)c1. The molecule has 0 saturated heterocycles. The molecule has 7 heteroatoms. The number of carbonyl (C=O) groups is 2. The van der Waals surface area contributed by atoms with Crippen LogP contribution in [0.5, 0.6) is 5.75 Å². The summed E-state index contributed by atoms with van der Waals surface area (Å²) in [5.74, 6) is -0.466. The van der Waals surface area contributed by atoms with Gasteiger partial charge in [0.25, 0.3) is 5.91 Å². The van der Waals surface area contributed by atoms with Crippen LogP contribution in [0.15, 0.2) is 46.9 Å². The standard InChI is InChI=1S/C16H13BrClNO4/c1-22-16(21)13-7-10(17)5-6-14(13)19-15(20)9-23-12-4-2-3-11(18)8-12/h2-8H,9H2,1H3,(H,19,20). The van der Waals surface area contributed by atoms with Gasteiger partial charge in [-0.15, -0.1) is 0 Å². The average molecular weight is 399 g/mol. The monoisotopic (exact) mass is 397 g/mol. The molecular weight excluding hydrogens is 386 g/mol. The number of anilines is 1. The van der Waals surface area contributed by atoms with Crippen molar-refractivity contribution in [1.29, 1.82) is 0 Å². The Morgan fingerprint density at radius 2 is 2.00 bits per heavy atom. The van der Waals surface area contributed by atoms with Crippen molar-refractivity contribution in [2.75, 3.05) is 19.0 Å². The van der Waals surface area contributed by atoms with Gasteiger partial charge in [0, 0.05) is 9.50 Å². The topological polar surface area (TPSA) is 64.6 Å². The third kappa shape index (κ3) is 4.97. The van der Waals surface area contributed by atoms with Crippen LogP contribution in [0.25, 0.3) is 0 Å². The summed E-state index contributed by atoms with van der Waals surface area (Å²) < 4.78 is 10.7. The highest BCUT2D eigenvalue weighted by atomic mass is 79.9. The minimum Gasteiger partial charge on any atom is -0.484 e. The molecule has 1 amide bonds. The molecule has 1 N–H and O–H groups in total. The third-order valence-electron chi connectivity index (χ3n) is 2.83. The third-order valence-corrected chi connectivity index (χ3v) is 3.56. The molecule has 0 bridgehead atoms. The summed E-state index contributed by atoms with van der Waals surface area (Å²) in [4.78, 5) is 23.7. The summed E-state index contributed by atoms with van der Waals surface area (Å²) in [6.45, 7) is -0.211. The van der Waals surface area contributed by atoms with Crippen molar-refractivity contribution in [3.05, 3.63) is 57.5 Å². The summed E-state index contributed by atoms with van der Waals surface area (Å²) in [5.41, 5.74) is 0.595. The van der Waals surface area contributed by atoms with E-state index >= 15 is 0 Å². The van der Waals surface area contributed by atoms with Gasteiger partial charge >= 0.3 is 5.97 Å². The number of hydrogen-bond donors (Lipinski definition) is 1. The molecule has 0 aliphatic rings. The molecule has 0 atom stereocenters. The van der Waals surface area contributed by atoms with Crippen LogP contribution in [0.1, 0.15) is 10.4 Å². The van der Waals surface area contributed by atoms with E-state index in [2.05, 4.69) is 21.2 Å². The molecule has 5 nitrogen and oxygen atoms in total. The van der Waals surface area contributed by atoms with E-state index in [-0.39, 0.29) is 12.2 Å². The van der Waals surface area contributed by atoms with Crippen LogP contribution in [0.3, 0.4) is 0 Å². The number of nitrogens with one attached hydrogen (secondary N) is 1. The summed E-state index contributed by atoms with van der Waals surface area (Å²) >= 11 is 9.11. The first-order chi connectivity index (χ1) is 11.0. The van der Waals surface area contributed by atoms with Gasteiger partial charge in [-0.05, 0) is 36.4 Å². The molecule has 120 valence electrons. The molecule has 0 aliphatic carbocycles. The Balaban J connectivity index is 2.04. The van der Waals surface area contributed by atoms with Crippen molar-refractivity contribution < 1.29 is 19.1 Å². The predicted octanol–water partition coefficient (Wildman–Crippen LogP) is 3.91. The largest absolute Gasteiger partial charge is 0.484 e. The highest BCUT2D eigenvalue weighted by Gasteiger charge is 2.14. The Morgan fingerprint density at radius 1 is 1.22 bits per heavy atom. The smallest absolute Gasteiger partial charge is 0.340 e. The van der Waals surface area contributed by atoms with E-state index in [0.717, 1.165) is 0 Å². The van der Waals surface area contributed by atoms with Gasteiger partial charge in [-0.1, -0.05) is 33.6 Å². The van der Waals surface area contributed by atoms with Crippen molar-refractivity contribution in [1.82, 2.24) is 0 Å². The maximum absolute atomic E-state index is 12.0. The molecule has 0 fully saturated rings. The van der Waals surface area contributed by atoms with E-state index < -0.39 is 11.9 Å². The summed E-state index contributed by atoms with van der Waals surface area (Å²) in [6.07, 6.45) is 0.